The van der Waals surface area contributed by atoms with Gasteiger partial charge in [-0.2, -0.15) is 0 Å². The Balaban J connectivity index is 2.80. The Morgan fingerprint density at radius 3 is 2.93 bits per heavy atom. The van der Waals surface area contributed by atoms with Crippen molar-refractivity contribution in [3.05, 3.63) is 27.9 Å². The molecule has 0 aliphatic carbocycles. The highest BCUT2D eigenvalue weighted by Gasteiger charge is 2.12. The van der Waals surface area contributed by atoms with Crippen molar-refractivity contribution in [1.29, 1.82) is 0 Å². The zero-order valence-corrected chi connectivity index (χ0v) is 8.83. The Bertz CT molecular complexity index is 518. The van der Waals surface area contributed by atoms with Crippen molar-refractivity contribution >= 4 is 32.9 Å². The van der Waals surface area contributed by atoms with Gasteiger partial charge in [-0.1, -0.05) is 5.16 Å². The summed E-state index contributed by atoms with van der Waals surface area (Å²) in [5.74, 6) is -0.985. The molecule has 2 aromatic rings. The summed E-state index contributed by atoms with van der Waals surface area (Å²) in [6.07, 6.45) is 0. The van der Waals surface area contributed by atoms with Gasteiger partial charge in [0.05, 0.1) is 16.6 Å². The van der Waals surface area contributed by atoms with E-state index in [2.05, 4.69) is 21.1 Å². The van der Waals surface area contributed by atoms with Crippen molar-refractivity contribution in [2.75, 3.05) is 0 Å². The number of benzene rings is 1. The van der Waals surface area contributed by atoms with Gasteiger partial charge in [-0.3, -0.25) is 0 Å². The number of nitrogens with zero attached hydrogens (tertiary/aromatic N) is 1. The van der Waals surface area contributed by atoms with Crippen LogP contribution in [0.4, 0.5) is 0 Å². The molecule has 2 rings (SSSR count). The first-order chi connectivity index (χ1) is 6.59. The van der Waals surface area contributed by atoms with E-state index in [9.17, 15) is 4.79 Å². The molecule has 4 nitrogen and oxygen atoms in total. The van der Waals surface area contributed by atoms with Gasteiger partial charge in [-0.15, -0.1) is 0 Å². The number of halogens is 1. The van der Waals surface area contributed by atoms with E-state index in [1.165, 1.54) is 12.1 Å². The van der Waals surface area contributed by atoms with E-state index in [1.54, 1.807) is 6.92 Å². The van der Waals surface area contributed by atoms with Gasteiger partial charge in [0.15, 0.2) is 5.58 Å². The molecule has 0 saturated carbocycles. The molecule has 5 heteroatoms. The molecular weight excluding hydrogens is 250 g/mol. The van der Waals surface area contributed by atoms with Crippen molar-refractivity contribution in [2.45, 2.75) is 6.92 Å². The summed E-state index contributed by atoms with van der Waals surface area (Å²) < 4.78 is 5.66. The van der Waals surface area contributed by atoms with Crippen LogP contribution in [0.15, 0.2) is 21.1 Å². The predicted molar refractivity (Wildman–Crippen MR) is 53.4 cm³/mol. The summed E-state index contributed by atoms with van der Waals surface area (Å²) in [6.45, 7) is 1.80. The molecule has 0 aliphatic rings. The minimum absolute atomic E-state index is 0.181. The van der Waals surface area contributed by atoms with Gasteiger partial charge in [0, 0.05) is 4.47 Å². The molecule has 1 aromatic carbocycles. The number of aromatic carboxylic acids is 1. The van der Waals surface area contributed by atoms with E-state index in [-0.39, 0.29) is 5.56 Å². The van der Waals surface area contributed by atoms with Crippen molar-refractivity contribution in [3.8, 4) is 0 Å². The third-order valence-corrected chi connectivity index (χ3v) is 2.57. The molecule has 1 heterocycles. The van der Waals surface area contributed by atoms with Crippen LogP contribution in [0, 0.1) is 6.92 Å². The molecule has 0 unspecified atom stereocenters. The largest absolute Gasteiger partial charge is 0.478 e. The molecule has 0 fully saturated rings. The van der Waals surface area contributed by atoms with Crippen LogP contribution >= 0.6 is 15.9 Å². The minimum Gasteiger partial charge on any atom is -0.478 e. The molecule has 0 saturated heterocycles. The lowest BCUT2D eigenvalue weighted by Crippen LogP contribution is -1.95. The number of fused-ring (bicyclic) bond motifs is 1. The lowest BCUT2D eigenvalue weighted by atomic mass is 10.1. The number of rotatable bonds is 1. The fourth-order valence-corrected chi connectivity index (χ4v) is 2.02. The lowest BCUT2D eigenvalue weighted by molar-refractivity contribution is 0.0697. The van der Waals surface area contributed by atoms with Crippen molar-refractivity contribution in [2.24, 2.45) is 0 Å². The molecule has 0 amide bonds. The van der Waals surface area contributed by atoms with Crippen LogP contribution in [0.2, 0.25) is 0 Å². The first kappa shape index (κ1) is 9.21. The second-order valence-electron chi connectivity index (χ2n) is 2.90. The molecule has 72 valence electrons. The maximum Gasteiger partial charge on any atom is 0.335 e. The van der Waals surface area contributed by atoms with E-state index >= 15 is 0 Å². The topological polar surface area (TPSA) is 63.3 Å². The Morgan fingerprint density at radius 2 is 2.29 bits per heavy atom. The van der Waals surface area contributed by atoms with E-state index in [1.807, 2.05) is 0 Å². The number of carboxylic acid groups (broad SMARTS) is 1. The molecule has 0 atom stereocenters. The van der Waals surface area contributed by atoms with Crippen LogP contribution < -0.4 is 0 Å². The lowest BCUT2D eigenvalue weighted by Gasteiger charge is -1.96. The van der Waals surface area contributed by atoms with Gasteiger partial charge in [-0.05, 0) is 35.0 Å². The monoisotopic (exact) mass is 255 g/mol. The molecule has 1 N–H and O–H groups in total. The SMILES string of the molecule is Cc1noc2cc(C(=O)O)cc(Br)c12. The van der Waals surface area contributed by atoms with Crippen molar-refractivity contribution in [3.63, 3.8) is 0 Å². The highest BCUT2D eigenvalue weighted by atomic mass is 79.9. The fourth-order valence-electron chi connectivity index (χ4n) is 1.29. The van der Waals surface area contributed by atoms with Gasteiger partial charge in [0.1, 0.15) is 0 Å². The molecule has 0 aliphatic heterocycles. The number of hydrogen-bond acceptors (Lipinski definition) is 3. The average molecular weight is 256 g/mol. The number of aromatic nitrogens is 1. The van der Waals surface area contributed by atoms with Crippen LogP contribution in [-0.4, -0.2) is 16.2 Å². The normalized spacial score (nSPS) is 10.7. The maximum absolute atomic E-state index is 10.7. The molecular formula is C9H6BrNO3. The summed E-state index contributed by atoms with van der Waals surface area (Å²) in [5, 5.41) is 13.4. The summed E-state index contributed by atoms with van der Waals surface area (Å²) in [6, 6.07) is 3.00. The Labute approximate surface area is 87.6 Å². The third-order valence-electron chi connectivity index (χ3n) is 1.94. The molecule has 0 radical (unpaired) electrons. The number of hydrogen-bond donors (Lipinski definition) is 1. The van der Waals surface area contributed by atoms with Crippen LogP contribution in [0.25, 0.3) is 11.0 Å². The first-order valence-electron chi connectivity index (χ1n) is 3.88. The Hall–Kier alpha value is -1.36. The minimum atomic E-state index is -0.985. The van der Waals surface area contributed by atoms with Gasteiger partial charge < -0.3 is 9.63 Å². The second kappa shape index (κ2) is 3.09. The fraction of sp³-hybridized carbons (Fsp3) is 0.111. The van der Waals surface area contributed by atoms with E-state index in [0.717, 1.165) is 11.1 Å². The van der Waals surface area contributed by atoms with Crippen molar-refractivity contribution < 1.29 is 14.4 Å². The van der Waals surface area contributed by atoms with Gasteiger partial charge in [0.25, 0.3) is 0 Å². The van der Waals surface area contributed by atoms with Gasteiger partial charge in [-0.25, -0.2) is 4.79 Å². The summed E-state index contributed by atoms with van der Waals surface area (Å²) >= 11 is 3.28. The first-order valence-corrected chi connectivity index (χ1v) is 4.67. The Morgan fingerprint density at radius 1 is 1.57 bits per heavy atom. The molecule has 1 aromatic heterocycles. The predicted octanol–water partition coefficient (Wildman–Crippen LogP) is 2.60. The molecule has 14 heavy (non-hydrogen) atoms. The smallest absolute Gasteiger partial charge is 0.335 e. The van der Waals surface area contributed by atoms with Crippen LogP contribution in [0.1, 0.15) is 16.1 Å². The highest BCUT2D eigenvalue weighted by molar-refractivity contribution is 9.10. The summed E-state index contributed by atoms with van der Waals surface area (Å²) in [7, 11) is 0. The zero-order chi connectivity index (χ0) is 10.3. The van der Waals surface area contributed by atoms with Crippen LogP contribution in [0.3, 0.4) is 0 Å². The van der Waals surface area contributed by atoms with Crippen molar-refractivity contribution in [1.82, 2.24) is 5.16 Å². The van der Waals surface area contributed by atoms with Crippen LogP contribution in [0.5, 0.6) is 0 Å². The Kier molecular flexibility index (Phi) is 2.03. The van der Waals surface area contributed by atoms with E-state index < -0.39 is 5.97 Å². The zero-order valence-electron chi connectivity index (χ0n) is 7.24. The second-order valence-corrected chi connectivity index (χ2v) is 3.76. The number of carbonyl (C=O) groups is 1. The van der Waals surface area contributed by atoms with Crippen LogP contribution in [-0.2, 0) is 0 Å². The average Bonchev–Trinajstić information content (AvgIpc) is 2.48. The third kappa shape index (κ3) is 1.29. The maximum atomic E-state index is 10.7. The molecule has 0 spiro atoms. The highest BCUT2D eigenvalue weighted by Crippen LogP contribution is 2.28. The quantitative estimate of drug-likeness (QED) is 0.851. The summed E-state index contributed by atoms with van der Waals surface area (Å²) in [5.41, 5.74) is 1.40. The van der Waals surface area contributed by atoms with Gasteiger partial charge in [0.2, 0.25) is 0 Å². The molecule has 0 bridgehead atoms. The summed E-state index contributed by atoms with van der Waals surface area (Å²) in [4.78, 5) is 10.7. The number of aryl methyl sites for hydroxylation is 1. The van der Waals surface area contributed by atoms with E-state index in [4.69, 9.17) is 9.63 Å². The van der Waals surface area contributed by atoms with Gasteiger partial charge >= 0.3 is 5.97 Å². The standard InChI is InChI=1S/C9H6BrNO3/c1-4-8-6(10)2-5(9(12)13)3-7(8)14-11-4/h2-3H,1H3,(H,12,13). The number of carboxylic acids is 1. The van der Waals surface area contributed by atoms with E-state index in [0.29, 0.717) is 10.1 Å².